The summed E-state index contributed by atoms with van der Waals surface area (Å²) in [5.74, 6) is 1.39. The lowest BCUT2D eigenvalue weighted by Crippen LogP contribution is -2.45. The fourth-order valence-corrected chi connectivity index (χ4v) is 6.16. The summed E-state index contributed by atoms with van der Waals surface area (Å²) in [5, 5.41) is 13.8. The topological polar surface area (TPSA) is 48.5 Å². The van der Waals surface area contributed by atoms with E-state index in [-0.39, 0.29) is 0 Å². The molecule has 5 rings (SSSR count). The molecule has 0 unspecified atom stereocenters. The molecule has 4 aromatic rings. The average molecular weight is 455 g/mol. The van der Waals surface area contributed by atoms with Gasteiger partial charge < -0.3 is 14.8 Å². The number of halogens is 1. The number of nitrogens with one attached hydrogen (secondary N) is 1. The zero-order valence-electron chi connectivity index (χ0n) is 17.6. The summed E-state index contributed by atoms with van der Waals surface area (Å²) in [5.41, 5.74) is 1.05. The number of aromatic nitrogens is 1. The van der Waals surface area contributed by atoms with Crippen molar-refractivity contribution in [1.82, 2.24) is 9.88 Å². The van der Waals surface area contributed by atoms with E-state index >= 15 is 0 Å². The Morgan fingerprint density at radius 1 is 1.26 bits per heavy atom. The van der Waals surface area contributed by atoms with Crippen molar-refractivity contribution >= 4 is 43.9 Å². The average Bonchev–Trinajstić information content (AvgIpc) is 3.40. The Bertz CT molecular complexity index is 1190. The third-order valence-corrected chi connectivity index (χ3v) is 7.84. The second-order valence-corrected chi connectivity index (χ2v) is 10.1. The van der Waals surface area contributed by atoms with Gasteiger partial charge in [-0.25, -0.2) is 0 Å². The van der Waals surface area contributed by atoms with Crippen LogP contribution in [-0.2, 0) is 0 Å². The maximum atomic E-state index is 10.6. The molecule has 2 aromatic heterocycles. The lowest BCUT2D eigenvalue weighted by molar-refractivity contribution is 0.0408. The van der Waals surface area contributed by atoms with Crippen molar-refractivity contribution in [3.05, 3.63) is 64.6 Å². The first-order valence-corrected chi connectivity index (χ1v) is 12.1. The fourth-order valence-electron chi connectivity index (χ4n) is 4.67. The fraction of sp³-hybridized carbons (Fsp3) is 0.360. The number of likely N-dealkylation sites (tertiary alicyclic amines) is 1. The van der Waals surface area contributed by atoms with Gasteiger partial charge >= 0.3 is 0 Å². The van der Waals surface area contributed by atoms with Crippen molar-refractivity contribution in [3.8, 4) is 5.75 Å². The number of hydrogen-bond acceptors (Lipinski definition) is 4. The number of hydrogen-bond donors (Lipinski definition) is 2. The molecule has 2 N–H and O–H groups in total. The maximum Gasteiger partial charge on any atom is 0.128 e. The molecule has 1 aliphatic rings. The second-order valence-electron chi connectivity index (χ2n) is 8.56. The van der Waals surface area contributed by atoms with Crippen LogP contribution in [0.25, 0.3) is 21.0 Å². The highest BCUT2D eigenvalue weighted by Gasteiger charge is 2.28. The minimum Gasteiger partial charge on any atom is -0.490 e. The molecule has 4 nitrogen and oxygen atoms in total. The molecule has 6 heteroatoms. The van der Waals surface area contributed by atoms with E-state index in [0.29, 0.717) is 25.1 Å². The summed E-state index contributed by atoms with van der Waals surface area (Å²) in [7, 11) is 0. The molecule has 31 heavy (non-hydrogen) atoms. The van der Waals surface area contributed by atoms with Crippen LogP contribution in [0.4, 0.5) is 0 Å². The Morgan fingerprint density at radius 2 is 2.16 bits per heavy atom. The second kappa shape index (κ2) is 8.83. The number of ether oxygens (including phenoxy) is 1. The Labute approximate surface area is 191 Å². The van der Waals surface area contributed by atoms with E-state index in [1.165, 1.54) is 15.0 Å². The van der Waals surface area contributed by atoms with Crippen LogP contribution in [-0.4, -0.2) is 46.8 Å². The van der Waals surface area contributed by atoms with Gasteiger partial charge in [-0.15, -0.1) is 11.3 Å². The molecule has 0 bridgehead atoms. The van der Waals surface area contributed by atoms with E-state index < -0.39 is 6.10 Å². The van der Waals surface area contributed by atoms with Crippen LogP contribution in [0.15, 0.2) is 54.7 Å². The number of nitrogens with zero attached hydrogens (tertiary/aromatic N) is 1. The Balaban J connectivity index is 1.17. The van der Waals surface area contributed by atoms with E-state index in [0.717, 1.165) is 41.1 Å². The highest BCUT2D eigenvalue weighted by molar-refractivity contribution is 7.19. The lowest BCUT2D eigenvalue weighted by atomic mass is 9.90. The van der Waals surface area contributed by atoms with Crippen LogP contribution in [0.1, 0.15) is 30.6 Å². The van der Waals surface area contributed by atoms with Crippen LogP contribution < -0.4 is 4.74 Å². The van der Waals surface area contributed by atoms with Crippen molar-refractivity contribution < 1.29 is 9.84 Å². The van der Waals surface area contributed by atoms with Gasteiger partial charge in [0, 0.05) is 44.3 Å². The highest BCUT2D eigenvalue weighted by Crippen LogP contribution is 2.39. The monoisotopic (exact) mass is 454 g/mol. The minimum absolute atomic E-state index is 0.300. The molecule has 1 fully saturated rings. The molecule has 162 valence electrons. The summed E-state index contributed by atoms with van der Waals surface area (Å²) < 4.78 is 7.21. The molecular formula is C25H27ClN2O2S. The van der Waals surface area contributed by atoms with Crippen LogP contribution in [0.5, 0.6) is 5.75 Å². The Morgan fingerprint density at radius 3 is 3.03 bits per heavy atom. The number of β-amino-alcohol motifs (C(OH)–C–C–N with tert-alkyl or cyclic N) is 1. The van der Waals surface area contributed by atoms with Crippen molar-refractivity contribution in [3.63, 3.8) is 0 Å². The van der Waals surface area contributed by atoms with E-state index in [9.17, 15) is 5.11 Å². The zero-order valence-corrected chi connectivity index (χ0v) is 19.1. The van der Waals surface area contributed by atoms with Gasteiger partial charge in [0.1, 0.15) is 18.5 Å². The van der Waals surface area contributed by atoms with Gasteiger partial charge in [-0.05, 0) is 74.0 Å². The summed E-state index contributed by atoms with van der Waals surface area (Å²) in [6, 6.07) is 16.8. The van der Waals surface area contributed by atoms with Gasteiger partial charge in [-0.3, -0.25) is 4.90 Å². The Kier molecular flexibility index (Phi) is 5.93. The Hall–Kier alpha value is -2.05. The largest absolute Gasteiger partial charge is 0.490 e. The van der Waals surface area contributed by atoms with E-state index in [4.69, 9.17) is 16.3 Å². The third kappa shape index (κ3) is 4.46. The molecule has 3 atom stereocenters. The summed E-state index contributed by atoms with van der Waals surface area (Å²) in [6.07, 6.45) is 3.61. The normalized spacial score (nSPS) is 21.0. The lowest BCUT2D eigenvalue weighted by Gasteiger charge is -2.38. The maximum absolute atomic E-state index is 10.6. The van der Waals surface area contributed by atoms with Crippen LogP contribution >= 0.6 is 22.9 Å². The number of aliphatic hydroxyl groups excluding tert-OH is 1. The number of piperidine rings is 1. The summed E-state index contributed by atoms with van der Waals surface area (Å²) in [6.45, 7) is 4.20. The molecule has 2 aromatic carbocycles. The molecule has 0 amide bonds. The third-order valence-electron chi connectivity index (χ3n) is 6.35. The first-order chi connectivity index (χ1) is 15.1. The number of rotatable bonds is 6. The molecule has 0 radical (unpaired) electrons. The van der Waals surface area contributed by atoms with Gasteiger partial charge in [-0.2, -0.15) is 0 Å². The van der Waals surface area contributed by atoms with E-state index in [1.807, 2.05) is 47.9 Å². The molecule has 0 spiro atoms. The summed E-state index contributed by atoms with van der Waals surface area (Å²) >= 11 is 8.02. The predicted molar refractivity (Wildman–Crippen MR) is 130 cm³/mol. The molecule has 3 heterocycles. The number of H-pyrrole nitrogens is 1. The number of aliphatic hydroxyl groups is 1. The van der Waals surface area contributed by atoms with Crippen molar-refractivity contribution in [2.24, 2.45) is 0 Å². The zero-order chi connectivity index (χ0) is 21.4. The molecule has 1 aliphatic heterocycles. The first-order valence-electron chi connectivity index (χ1n) is 10.9. The van der Waals surface area contributed by atoms with Crippen LogP contribution in [0.2, 0.25) is 5.02 Å². The number of benzene rings is 2. The van der Waals surface area contributed by atoms with E-state index in [1.54, 1.807) is 0 Å². The van der Waals surface area contributed by atoms with Gasteiger partial charge in [0.05, 0.1) is 0 Å². The molecule has 0 saturated carbocycles. The SMILES string of the molecule is C[C@@H]1C[C@H](c2cc3ccc(Cl)cc3s2)CCN1C[C@H](O)COc1cccc2[nH]ccc12. The van der Waals surface area contributed by atoms with Crippen LogP contribution in [0, 0.1) is 0 Å². The highest BCUT2D eigenvalue weighted by atomic mass is 35.5. The van der Waals surface area contributed by atoms with Gasteiger partial charge in [0.25, 0.3) is 0 Å². The van der Waals surface area contributed by atoms with E-state index in [2.05, 4.69) is 35.0 Å². The van der Waals surface area contributed by atoms with Crippen molar-refractivity contribution in [2.75, 3.05) is 19.7 Å². The quantitative estimate of drug-likeness (QED) is 0.373. The van der Waals surface area contributed by atoms with Gasteiger partial charge in [0.2, 0.25) is 0 Å². The minimum atomic E-state index is -0.514. The predicted octanol–water partition coefficient (Wildman–Crippen LogP) is 6.04. The van der Waals surface area contributed by atoms with Crippen molar-refractivity contribution in [2.45, 2.75) is 37.8 Å². The van der Waals surface area contributed by atoms with Gasteiger partial charge in [0.15, 0.2) is 0 Å². The number of thiophene rings is 1. The number of fused-ring (bicyclic) bond motifs is 2. The molecular weight excluding hydrogens is 428 g/mol. The first kappa shape index (κ1) is 20.8. The standard InChI is InChI=1S/C25H27ClN2O2S/c1-16-11-18(24-12-17-5-6-19(26)13-25(17)31-24)8-10-28(16)14-20(29)15-30-23-4-2-3-22-21(23)7-9-27-22/h2-7,9,12-13,16,18,20,27,29H,8,10-11,14-15H2,1H3/t16-,18-,20+/m1/s1. The number of aromatic amines is 1. The van der Waals surface area contributed by atoms with Gasteiger partial charge in [-0.1, -0.05) is 23.7 Å². The summed E-state index contributed by atoms with van der Waals surface area (Å²) in [4.78, 5) is 7.04. The molecule has 1 saturated heterocycles. The smallest absolute Gasteiger partial charge is 0.128 e. The van der Waals surface area contributed by atoms with Crippen molar-refractivity contribution in [1.29, 1.82) is 0 Å². The van der Waals surface area contributed by atoms with Crippen LogP contribution in [0.3, 0.4) is 0 Å². The molecule has 0 aliphatic carbocycles.